The lowest BCUT2D eigenvalue weighted by Gasteiger charge is -2.37. The first-order chi connectivity index (χ1) is 16.2. The van der Waals surface area contributed by atoms with Crippen molar-refractivity contribution in [3.05, 3.63) is 58.6 Å². The van der Waals surface area contributed by atoms with E-state index in [4.69, 9.17) is 4.74 Å². The number of rotatable bonds is 7. The van der Waals surface area contributed by atoms with Crippen molar-refractivity contribution in [2.75, 3.05) is 37.6 Å². The van der Waals surface area contributed by atoms with Gasteiger partial charge in [-0.05, 0) is 56.4 Å². The Hall–Kier alpha value is -3.00. The molecular formula is C25H30FN5O2. The molecule has 174 valence electrons. The first-order valence-corrected chi connectivity index (χ1v) is 11.9. The summed E-state index contributed by atoms with van der Waals surface area (Å²) in [7, 11) is 0. The van der Waals surface area contributed by atoms with Crippen LogP contribution in [-0.4, -0.2) is 58.7 Å². The molecule has 3 aromatic rings. The highest BCUT2D eigenvalue weighted by Crippen LogP contribution is 2.33. The number of piperazine rings is 1. The summed E-state index contributed by atoms with van der Waals surface area (Å²) in [6, 6.07) is 12.2. The zero-order chi connectivity index (χ0) is 22.6. The predicted molar refractivity (Wildman–Crippen MR) is 126 cm³/mol. The summed E-state index contributed by atoms with van der Waals surface area (Å²) < 4.78 is 21.7. The van der Waals surface area contributed by atoms with Crippen molar-refractivity contribution in [1.29, 1.82) is 0 Å². The number of anilines is 1. The summed E-state index contributed by atoms with van der Waals surface area (Å²) in [6.45, 7) is 4.83. The van der Waals surface area contributed by atoms with E-state index in [0.717, 1.165) is 63.4 Å². The summed E-state index contributed by atoms with van der Waals surface area (Å²) in [5, 5.41) is 8.84. The number of aromatic nitrogens is 3. The number of hydrogen-bond donors (Lipinski definition) is 0. The van der Waals surface area contributed by atoms with Gasteiger partial charge in [-0.25, -0.2) is 9.07 Å². The van der Waals surface area contributed by atoms with Gasteiger partial charge in [0.25, 0.3) is 5.56 Å². The van der Waals surface area contributed by atoms with Gasteiger partial charge >= 0.3 is 0 Å². The number of fused-ring (bicyclic) bond motifs is 1. The van der Waals surface area contributed by atoms with Crippen molar-refractivity contribution in [2.24, 2.45) is 0 Å². The lowest BCUT2D eigenvalue weighted by Crippen LogP contribution is -2.47. The maximum absolute atomic E-state index is 14.0. The summed E-state index contributed by atoms with van der Waals surface area (Å²) in [4.78, 5) is 17.2. The van der Waals surface area contributed by atoms with E-state index < -0.39 is 0 Å². The maximum atomic E-state index is 14.0. The molecule has 0 spiro atoms. The maximum Gasteiger partial charge on any atom is 0.277 e. The monoisotopic (exact) mass is 451 g/mol. The van der Waals surface area contributed by atoms with Crippen molar-refractivity contribution in [3.8, 4) is 5.75 Å². The van der Waals surface area contributed by atoms with Crippen LogP contribution in [0.2, 0.25) is 0 Å². The van der Waals surface area contributed by atoms with E-state index in [1.165, 1.54) is 23.6 Å². The molecule has 7 nitrogen and oxygen atoms in total. The van der Waals surface area contributed by atoms with Crippen LogP contribution in [0.4, 0.5) is 10.1 Å². The minimum atomic E-state index is -0.229. The van der Waals surface area contributed by atoms with Gasteiger partial charge in [0.2, 0.25) is 0 Å². The highest BCUT2D eigenvalue weighted by molar-refractivity contribution is 5.76. The first kappa shape index (κ1) is 21.8. The summed E-state index contributed by atoms with van der Waals surface area (Å²) in [6.07, 6.45) is 5.64. The molecular weight excluding hydrogens is 421 g/mol. The van der Waals surface area contributed by atoms with Gasteiger partial charge in [0.15, 0.2) is 0 Å². The fraction of sp³-hybridized carbons (Fsp3) is 0.480. The average Bonchev–Trinajstić information content (AvgIpc) is 3.36. The quantitative estimate of drug-likeness (QED) is 0.548. The largest absolute Gasteiger partial charge is 0.488 e. The lowest BCUT2D eigenvalue weighted by molar-refractivity contribution is 0.208. The number of hydrogen-bond acceptors (Lipinski definition) is 6. The van der Waals surface area contributed by atoms with Crippen molar-refractivity contribution in [1.82, 2.24) is 19.9 Å². The van der Waals surface area contributed by atoms with Crippen LogP contribution in [0.5, 0.6) is 5.75 Å². The van der Waals surface area contributed by atoms with E-state index in [-0.39, 0.29) is 17.5 Å². The van der Waals surface area contributed by atoms with Crippen LogP contribution in [0, 0.1) is 5.82 Å². The SMILES string of the molecule is O=c1c2ccccc2nnn1CCCN1CCN(c2cc(F)ccc2OC2CCCC2)CC1. The molecule has 0 N–H and O–H groups in total. The Morgan fingerprint density at radius 2 is 1.79 bits per heavy atom. The molecule has 2 heterocycles. The minimum absolute atomic E-state index is 0.0914. The summed E-state index contributed by atoms with van der Waals surface area (Å²) >= 11 is 0. The minimum Gasteiger partial charge on any atom is -0.488 e. The van der Waals surface area contributed by atoms with Crippen LogP contribution >= 0.6 is 0 Å². The van der Waals surface area contributed by atoms with Crippen LogP contribution in [0.3, 0.4) is 0 Å². The van der Waals surface area contributed by atoms with E-state index in [1.807, 2.05) is 12.1 Å². The average molecular weight is 452 g/mol. The van der Waals surface area contributed by atoms with Crippen molar-refractivity contribution < 1.29 is 9.13 Å². The van der Waals surface area contributed by atoms with E-state index in [2.05, 4.69) is 20.1 Å². The number of nitrogens with zero attached hydrogens (tertiary/aromatic N) is 5. The van der Waals surface area contributed by atoms with E-state index in [1.54, 1.807) is 24.3 Å². The van der Waals surface area contributed by atoms with Crippen LogP contribution in [-0.2, 0) is 6.54 Å². The zero-order valence-electron chi connectivity index (χ0n) is 18.8. The molecule has 1 aromatic heterocycles. The van der Waals surface area contributed by atoms with Gasteiger partial charge in [-0.3, -0.25) is 9.69 Å². The lowest BCUT2D eigenvalue weighted by atomic mass is 10.2. The molecule has 2 fully saturated rings. The molecule has 33 heavy (non-hydrogen) atoms. The van der Waals surface area contributed by atoms with Crippen LogP contribution < -0.4 is 15.2 Å². The van der Waals surface area contributed by atoms with Crippen molar-refractivity contribution >= 4 is 16.6 Å². The number of benzene rings is 2. The van der Waals surface area contributed by atoms with Gasteiger partial charge in [-0.1, -0.05) is 17.3 Å². The zero-order valence-corrected chi connectivity index (χ0v) is 18.8. The molecule has 0 amide bonds. The fourth-order valence-corrected chi connectivity index (χ4v) is 4.85. The number of aryl methyl sites for hydroxylation is 1. The van der Waals surface area contributed by atoms with Crippen LogP contribution in [0.25, 0.3) is 10.9 Å². The van der Waals surface area contributed by atoms with E-state index in [0.29, 0.717) is 17.4 Å². The summed E-state index contributed by atoms with van der Waals surface area (Å²) in [5.41, 5.74) is 1.40. The second-order valence-corrected chi connectivity index (χ2v) is 8.95. The van der Waals surface area contributed by atoms with Crippen molar-refractivity contribution in [3.63, 3.8) is 0 Å². The molecule has 8 heteroatoms. The molecule has 2 aliphatic rings. The number of ether oxygens (including phenoxy) is 1. The van der Waals surface area contributed by atoms with Gasteiger partial charge in [-0.15, -0.1) is 5.10 Å². The van der Waals surface area contributed by atoms with Crippen LogP contribution in [0.1, 0.15) is 32.1 Å². The molecule has 1 saturated heterocycles. The highest BCUT2D eigenvalue weighted by Gasteiger charge is 2.23. The number of halogens is 1. The Kier molecular flexibility index (Phi) is 6.53. The summed E-state index contributed by atoms with van der Waals surface area (Å²) in [5.74, 6) is 0.569. The Morgan fingerprint density at radius 3 is 2.61 bits per heavy atom. The Bertz CT molecular complexity index is 1150. The van der Waals surface area contributed by atoms with Gasteiger partial charge in [0.05, 0.1) is 17.2 Å². The van der Waals surface area contributed by atoms with Gasteiger partial charge in [0.1, 0.15) is 17.1 Å². The molecule has 0 bridgehead atoms. The van der Waals surface area contributed by atoms with Gasteiger partial charge in [-0.2, -0.15) is 0 Å². The highest BCUT2D eigenvalue weighted by atomic mass is 19.1. The normalized spacial score (nSPS) is 17.7. The molecule has 2 aromatic carbocycles. The van der Waals surface area contributed by atoms with Gasteiger partial charge < -0.3 is 9.64 Å². The molecule has 1 aliphatic heterocycles. The Morgan fingerprint density at radius 1 is 1.00 bits per heavy atom. The Balaban J connectivity index is 1.15. The predicted octanol–water partition coefficient (Wildman–Crippen LogP) is 3.46. The van der Waals surface area contributed by atoms with E-state index >= 15 is 0 Å². The molecule has 5 rings (SSSR count). The van der Waals surface area contributed by atoms with Gasteiger partial charge in [0, 0.05) is 45.3 Å². The third kappa shape index (κ3) is 5.00. The molecule has 0 atom stereocenters. The second kappa shape index (κ2) is 9.87. The van der Waals surface area contributed by atoms with E-state index in [9.17, 15) is 9.18 Å². The third-order valence-corrected chi connectivity index (χ3v) is 6.70. The molecule has 0 radical (unpaired) electrons. The molecule has 1 saturated carbocycles. The standard InChI is InChI=1S/C25H30FN5O2/c26-19-10-11-24(33-20-6-1-2-7-20)23(18-19)30-16-14-29(15-17-30)12-5-13-31-25(32)21-8-3-4-9-22(21)27-28-31/h3-4,8-11,18,20H,1-2,5-7,12-17H2. The molecule has 0 unspecified atom stereocenters. The third-order valence-electron chi connectivity index (χ3n) is 6.70. The second-order valence-electron chi connectivity index (χ2n) is 8.95. The van der Waals surface area contributed by atoms with Crippen molar-refractivity contribution in [2.45, 2.75) is 44.8 Å². The molecule has 1 aliphatic carbocycles. The first-order valence-electron chi connectivity index (χ1n) is 11.9. The Labute approximate surface area is 192 Å². The topological polar surface area (TPSA) is 63.5 Å². The van der Waals surface area contributed by atoms with Crippen LogP contribution in [0.15, 0.2) is 47.3 Å². The smallest absolute Gasteiger partial charge is 0.277 e. The fourth-order valence-electron chi connectivity index (χ4n) is 4.85.